The van der Waals surface area contributed by atoms with Crippen LogP contribution in [0.25, 0.3) is 0 Å². The molecule has 0 unspecified atom stereocenters. The van der Waals surface area contributed by atoms with Crippen molar-refractivity contribution in [3.05, 3.63) is 75.8 Å². The van der Waals surface area contributed by atoms with Gasteiger partial charge in [-0.05, 0) is 36.8 Å². The van der Waals surface area contributed by atoms with Crippen LogP contribution >= 0.6 is 0 Å². The third-order valence-electron chi connectivity index (χ3n) is 4.21. The Morgan fingerprint density at radius 3 is 2.41 bits per heavy atom. The number of cyclic esters (lactones) is 1. The number of hydrazine groups is 1. The molecule has 150 valence electrons. The van der Waals surface area contributed by atoms with E-state index in [2.05, 4.69) is 5.43 Å². The number of non-ortho nitro benzene ring substituents is 1. The zero-order valence-electron chi connectivity index (χ0n) is 15.3. The fourth-order valence-electron chi connectivity index (χ4n) is 2.85. The van der Waals surface area contributed by atoms with Gasteiger partial charge in [-0.15, -0.1) is 0 Å². The van der Waals surface area contributed by atoms with Gasteiger partial charge in [0.05, 0.1) is 11.5 Å². The van der Waals surface area contributed by atoms with Gasteiger partial charge >= 0.3 is 12.1 Å². The summed E-state index contributed by atoms with van der Waals surface area (Å²) >= 11 is 0. The molecule has 10 nitrogen and oxygen atoms in total. The minimum atomic E-state index is -1.29. The zero-order valence-corrected chi connectivity index (χ0v) is 15.3. The predicted molar refractivity (Wildman–Crippen MR) is 98.5 cm³/mol. The summed E-state index contributed by atoms with van der Waals surface area (Å²) in [7, 11) is 0. The standard InChI is InChI=1S/C19H17N3O7/c1-2-28-18(24)15-16(12-8-10-14(11-9-12)22(26)27)29-19(25)21(15)20-17(23)13-6-4-3-5-7-13/h3-11,15-16H,2H2,1H3,(H,20,23)/t15-,16+/m0/s1. The maximum absolute atomic E-state index is 12.5. The van der Waals surface area contributed by atoms with E-state index in [1.807, 2.05) is 0 Å². The molecule has 1 fully saturated rings. The molecule has 2 atom stereocenters. The summed E-state index contributed by atoms with van der Waals surface area (Å²) in [5, 5.41) is 11.6. The number of nitro groups is 1. The van der Waals surface area contributed by atoms with Crippen molar-refractivity contribution in [1.82, 2.24) is 10.4 Å². The molecule has 0 bridgehead atoms. The van der Waals surface area contributed by atoms with E-state index < -0.39 is 35.0 Å². The van der Waals surface area contributed by atoms with Crippen molar-refractivity contribution in [2.24, 2.45) is 0 Å². The Labute approximate surface area is 165 Å². The molecule has 1 N–H and O–H groups in total. The molecule has 1 aliphatic heterocycles. The SMILES string of the molecule is CCOC(=O)[C@@H]1[C@@H](c2ccc([N+](=O)[O-])cc2)OC(=O)N1NC(=O)c1ccccc1. The second-order valence-electron chi connectivity index (χ2n) is 6.03. The van der Waals surface area contributed by atoms with Gasteiger partial charge in [-0.1, -0.05) is 18.2 Å². The molecule has 0 radical (unpaired) electrons. The highest BCUT2D eigenvalue weighted by Gasteiger charge is 2.49. The van der Waals surface area contributed by atoms with Crippen LogP contribution in [-0.4, -0.2) is 40.6 Å². The lowest BCUT2D eigenvalue weighted by Gasteiger charge is -2.23. The summed E-state index contributed by atoms with van der Waals surface area (Å²) in [6.07, 6.45) is -2.06. The molecule has 1 saturated heterocycles. The lowest BCUT2D eigenvalue weighted by molar-refractivity contribution is -0.384. The summed E-state index contributed by atoms with van der Waals surface area (Å²) in [6, 6.07) is 12.1. The molecule has 10 heteroatoms. The van der Waals surface area contributed by atoms with Crippen LogP contribution in [0.5, 0.6) is 0 Å². The molecule has 3 rings (SSSR count). The normalized spacial score (nSPS) is 18.1. The molecular weight excluding hydrogens is 382 g/mol. The quantitative estimate of drug-likeness (QED) is 0.448. The number of esters is 1. The number of carbonyl (C=O) groups excluding carboxylic acids is 3. The Kier molecular flexibility index (Phi) is 5.72. The molecule has 0 spiro atoms. The highest BCUT2D eigenvalue weighted by molar-refractivity contribution is 5.96. The molecule has 0 aromatic heterocycles. The van der Waals surface area contributed by atoms with Crippen molar-refractivity contribution in [1.29, 1.82) is 0 Å². The fourth-order valence-corrected chi connectivity index (χ4v) is 2.85. The average Bonchev–Trinajstić information content (AvgIpc) is 3.05. The number of carbonyl (C=O) groups is 3. The van der Waals surface area contributed by atoms with Crippen LogP contribution in [-0.2, 0) is 14.3 Å². The molecule has 0 aliphatic carbocycles. The Hall–Kier alpha value is -3.95. The molecule has 2 aromatic rings. The lowest BCUT2D eigenvalue weighted by atomic mass is 10.0. The zero-order chi connectivity index (χ0) is 21.0. The minimum absolute atomic E-state index is 0.0526. The van der Waals surface area contributed by atoms with Gasteiger partial charge in [-0.25, -0.2) is 9.59 Å². The summed E-state index contributed by atoms with van der Waals surface area (Å²) in [5.74, 6) is -1.39. The number of nitro benzene ring substituents is 1. The van der Waals surface area contributed by atoms with Crippen molar-refractivity contribution < 1.29 is 28.8 Å². The van der Waals surface area contributed by atoms with Crippen LogP contribution in [0.4, 0.5) is 10.5 Å². The van der Waals surface area contributed by atoms with E-state index in [0.717, 1.165) is 5.01 Å². The minimum Gasteiger partial charge on any atom is -0.464 e. The van der Waals surface area contributed by atoms with E-state index in [9.17, 15) is 24.5 Å². The molecule has 2 amide bonds. The Bertz CT molecular complexity index is 931. The van der Waals surface area contributed by atoms with Crippen LogP contribution in [0.1, 0.15) is 28.9 Å². The van der Waals surface area contributed by atoms with Crippen molar-refractivity contribution in [2.75, 3.05) is 6.61 Å². The Morgan fingerprint density at radius 1 is 1.17 bits per heavy atom. The van der Waals surface area contributed by atoms with Crippen LogP contribution < -0.4 is 5.43 Å². The predicted octanol–water partition coefficient (Wildman–Crippen LogP) is 2.36. The average molecular weight is 399 g/mol. The first-order valence-corrected chi connectivity index (χ1v) is 8.69. The Balaban J connectivity index is 1.89. The fraction of sp³-hybridized carbons (Fsp3) is 0.211. The van der Waals surface area contributed by atoms with Gasteiger partial charge in [0.2, 0.25) is 0 Å². The Morgan fingerprint density at radius 2 is 1.83 bits per heavy atom. The first kappa shape index (κ1) is 19.8. The molecular formula is C19H17N3O7. The highest BCUT2D eigenvalue weighted by Crippen LogP contribution is 2.33. The number of hydrogen-bond donors (Lipinski definition) is 1. The van der Waals surface area contributed by atoms with E-state index in [1.165, 1.54) is 24.3 Å². The number of rotatable bonds is 6. The number of benzene rings is 2. The number of nitrogens with zero attached hydrogens (tertiary/aromatic N) is 2. The van der Waals surface area contributed by atoms with Crippen LogP contribution in [0.15, 0.2) is 54.6 Å². The van der Waals surface area contributed by atoms with E-state index in [-0.39, 0.29) is 17.9 Å². The summed E-state index contributed by atoms with van der Waals surface area (Å²) in [4.78, 5) is 47.6. The molecule has 1 heterocycles. The first-order chi connectivity index (χ1) is 13.9. The molecule has 0 saturated carbocycles. The second-order valence-corrected chi connectivity index (χ2v) is 6.03. The van der Waals surface area contributed by atoms with Gasteiger partial charge in [-0.3, -0.25) is 20.3 Å². The number of nitrogens with one attached hydrogen (secondary N) is 1. The molecule has 2 aromatic carbocycles. The topological polar surface area (TPSA) is 128 Å². The lowest BCUT2D eigenvalue weighted by Crippen LogP contribution is -2.51. The van der Waals surface area contributed by atoms with Crippen LogP contribution in [0.2, 0.25) is 0 Å². The highest BCUT2D eigenvalue weighted by atomic mass is 16.6. The largest absolute Gasteiger partial charge is 0.464 e. The van der Waals surface area contributed by atoms with Crippen LogP contribution in [0, 0.1) is 10.1 Å². The van der Waals surface area contributed by atoms with Gasteiger partial charge in [0, 0.05) is 17.7 Å². The van der Waals surface area contributed by atoms with Crippen molar-refractivity contribution in [3.63, 3.8) is 0 Å². The van der Waals surface area contributed by atoms with Gasteiger partial charge in [-0.2, -0.15) is 5.01 Å². The molecule has 1 aliphatic rings. The van der Waals surface area contributed by atoms with Crippen LogP contribution in [0.3, 0.4) is 0 Å². The monoisotopic (exact) mass is 399 g/mol. The third kappa shape index (κ3) is 4.15. The maximum atomic E-state index is 12.5. The first-order valence-electron chi connectivity index (χ1n) is 8.69. The van der Waals surface area contributed by atoms with Crippen molar-refractivity contribution in [2.45, 2.75) is 19.1 Å². The summed E-state index contributed by atoms with van der Waals surface area (Å²) in [6.45, 7) is 1.65. The van der Waals surface area contributed by atoms with E-state index in [4.69, 9.17) is 9.47 Å². The van der Waals surface area contributed by atoms with Crippen molar-refractivity contribution in [3.8, 4) is 0 Å². The second kappa shape index (κ2) is 8.38. The third-order valence-corrected chi connectivity index (χ3v) is 4.21. The number of hydrogen-bond acceptors (Lipinski definition) is 7. The van der Waals surface area contributed by atoms with E-state index in [0.29, 0.717) is 5.56 Å². The van der Waals surface area contributed by atoms with E-state index in [1.54, 1.807) is 37.3 Å². The van der Waals surface area contributed by atoms with Gasteiger partial charge in [0.1, 0.15) is 0 Å². The van der Waals surface area contributed by atoms with E-state index >= 15 is 0 Å². The van der Waals surface area contributed by atoms with Gasteiger partial charge in [0.15, 0.2) is 12.1 Å². The molecule has 29 heavy (non-hydrogen) atoms. The maximum Gasteiger partial charge on any atom is 0.430 e. The summed E-state index contributed by atoms with van der Waals surface area (Å²) in [5.41, 5.74) is 2.85. The number of ether oxygens (including phenoxy) is 2. The van der Waals surface area contributed by atoms with Gasteiger partial charge in [0.25, 0.3) is 11.6 Å². The van der Waals surface area contributed by atoms with Crippen molar-refractivity contribution >= 4 is 23.7 Å². The van der Waals surface area contributed by atoms with Gasteiger partial charge < -0.3 is 9.47 Å². The number of amides is 2. The smallest absolute Gasteiger partial charge is 0.430 e. The summed E-state index contributed by atoms with van der Waals surface area (Å²) < 4.78 is 10.3.